The van der Waals surface area contributed by atoms with Crippen molar-refractivity contribution < 1.29 is 17.6 Å². The van der Waals surface area contributed by atoms with E-state index in [1.165, 1.54) is 35.6 Å². The van der Waals surface area contributed by atoms with Gasteiger partial charge >= 0.3 is 0 Å². The monoisotopic (exact) mass is 490 g/mol. The molecule has 0 aliphatic heterocycles. The SMILES string of the molecule is Cc1c(-c2ccccc2)oc2c(C(=O)Nc3ccc(S(=O)(=O)N(C)C(C)C)cc3)cccc2c1=O. The maximum absolute atomic E-state index is 13.2. The molecule has 7 nitrogen and oxygen atoms in total. The molecule has 1 aromatic heterocycles. The lowest BCUT2D eigenvalue weighted by Crippen LogP contribution is -2.33. The first-order chi connectivity index (χ1) is 16.6. The van der Waals surface area contributed by atoms with Gasteiger partial charge in [-0.25, -0.2) is 8.42 Å². The van der Waals surface area contributed by atoms with Crippen LogP contribution in [-0.4, -0.2) is 31.7 Å². The number of fused-ring (bicyclic) bond motifs is 1. The number of nitrogens with zero attached hydrogens (tertiary/aromatic N) is 1. The minimum absolute atomic E-state index is 0.130. The molecule has 0 fully saturated rings. The van der Waals surface area contributed by atoms with E-state index in [0.717, 1.165) is 5.56 Å². The van der Waals surface area contributed by atoms with Gasteiger partial charge in [0.05, 0.1) is 15.8 Å². The highest BCUT2D eigenvalue weighted by Gasteiger charge is 2.23. The molecule has 0 saturated carbocycles. The van der Waals surface area contributed by atoms with Crippen molar-refractivity contribution in [3.63, 3.8) is 0 Å². The Bertz CT molecular complexity index is 1560. The molecule has 4 aromatic rings. The first-order valence-corrected chi connectivity index (χ1v) is 12.6. The zero-order valence-corrected chi connectivity index (χ0v) is 20.7. The van der Waals surface area contributed by atoms with Crippen molar-refractivity contribution >= 4 is 32.6 Å². The maximum Gasteiger partial charge on any atom is 0.259 e. The van der Waals surface area contributed by atoms with Crippen LogP contribution in [0.15, 0.2) is 86.9 Å². The van der Waals surface area contributed by atoms with Crippen molar-refractivity contribution in [1.29, 1.82) is 0 Å². The van der Waals surface area contributed by atoms with E-state index < -0.39 is 15.9 Å². The molecule has 0 radical (unpaired) electrons. The van der Waals surface area contributed by atoms with E-state index in [1.807, 2.05) is 30.3 Å². The quantitative estimate of drug-likeness (QED) is 0.408. The third kappa shape index (κ3) is 4.62. The summed E-state index contributed by atoms with van der Waals surface area (Å²) in [6.07, 6.45) is 0. The summed E-state index contributed by atoms with van der Waals surface area (Å²) in [5.74, 6) is -0.0660. The van der Waals surface area contributed by atoms with Gasteiger partial charge in [0.25, 0.3) is 5.91 Å². The average molecular weight is 491 g/mol. The second-order valence-corrected chi connectivity index (χ2v) is 10.5. The number of carbonyl (C=O) groups excluding carboxylic acids is 1. The second kappa shape index (κ2) is 9.48. The summed E-state index contributed by atoms with van der Waals surface area (Å²) < 4.78 is 32.8. The van der Waals surface area contributed by atoms with Crippen LogP contribution < -0.4 is 10.7 Å². The van der Waals surface area contributed by atoms with Gasteiger partial charge in [0.15, 0.2) is 11.0 Å². The minimum Gasteiger partial charge on any atom is -0.455 e. The van der Waals surface area contributed by atoms with Crippen LogP contribution in [0.3, 0.4) is 0 Å². The number of benzene rings is 3. The topological polar surface area (TPSA) is 96.7 Å². The van der Waals surface area contributed by atoms with Gasteiger partial charge in [-0.15, -0.1) is 0 Å². The van der Waals surface area contributed by atoms with Crippen LogP contribution in [0.25, 0.3) is 22.3 Å². The number of rotatable bonds is 6. The molecule has 4 rings (SSSR count). The van der Waals surface area contributed by atoms with Gasteiger partial charge in [-0.05, 0) is 57.2 Å². The fourth-order valence-electron chi connectivity index (χ4n) is 3.71. The van der Waals surface area contributed by atoms with Gasteiger partial charge < -0.3 is 9.73 Å². The van der Waals surface area contributed by atoms with Gasteiger partial charge in [0, 0.05) is 29.9 Å². The van der Waals surface area contributed by atoms with Crippen LogP contribution in [-0.2, 0) is 10.0 Å². The summed E-state index contributed by atoms with van der Waals surface area (Å²) in [6.45, 7) is 5.28. The molecule has 1 N–H and O–H groups in total. The first-order valence-electron chi connectivity index (χ1n) is 11.1. The highest BCUT2D eigenvalue weighted by atomic mass is 32.2. The van der Waals surface area contributed by atoms with Crippen molar-refractivity contribution in [2.24, 2.45) is 0 Å². The molecule has 1 amide bonds. The highest BCUT2D eigenvalue weighted by Crippen LogP contribution is 2.28. The van der Waals surface area contributed by atoms with Crippen LogP contribution in [0.2, 0.25) is 0 Å². The average Bonchev–Trinajstić information content (AvgIpc) is 2.86. The lowest BCUT2D eigenvalue weighted by Gasteiger charge is -2.21. The van der Waals surface area contributed by atoms with Crippen molar-refractivity contribution in [2.75, 3.05) is 12.4 Å². The Hall–Kier alpha value is -3.75. The van der Waals surface area contributed by atoms with Crippen molar-refractivity contribution in [3.05, 3.63) is 94.1 Å². The van der Waals surface area contributed by atoms with Crippen LogP contribution in [0.1, 0.15) is 29.8 Å². The van der Waals surface area contributed by atoms with Gasteiger partial charge in [-0.2, -0.15) is 4.31 Å². The predicted octanol–water partition coefficient (Wildman–Crippen LogP) is 5.05. The van der Waals surface area contributed by atoms with Crippen LogP contribution in [0, 0.1) is 6.92 Å². The fourth-order valence-corrected chi connectivity index (χ4v) is 5.07. The van der Waals surface area contributed by atoms with Crippen LogP contribution >= 0.6 is 0 Å². The van der Waals surface area contributed by atoms with E-state index in [2.05, 4.69) is 5.32 Å². The second-order valence-electron chi connectivity index (χ2n) is 8.53. The normalized spacial score (nSPS) is 11.8. The third-order valence-corrected chi connectivity index (χ3v) is 7.99. The molecule has 0 saturated heterocycles. The smallest absolute Gasteiger partial charge is 0.259 e. The first kappa shape index (κ1) is 24.4. The zero-order valence-electron chi connectivity index (χ0n) is 19.9. The van der Waals surface area contributed by atoms with E-state index in [9.17, 15) is 18.0 Å². The van der Waals surface area contributed by atoms with Gasteiger partial charge in [0.1, 0.15) is 5.76 Å². The summed E-state index contributed by atoms with van der Waals surface area (Å²) >= 11 is 0. The summed E-state index contributed by atoms with van der Waals surface area (Å²) in [6, 6.07) is 19.9. The summed E-state index contributed by atoms with van der Waals surface area (Å²) in [7, 11) is -2.11. The van der Waals surface area contributed by atoms with Gasteiger partial charge in [-0.3, -0.25) is 9.59 Å². The number of amides is 1. The molecule has 0 bridgehead atoms. The molecular weight excluding hydrogens is 464 g/mol. The molecule has 0 spiro atoms. The standard InChI is InChI=1S/C27H26N2O5S/c1-17(2)29(4)35(32,33)21-15-13-20(14-16-21)28-27(31)23-12-8-11-22-24(30)18(3)25(34-26(22)23)19-9-6-5-7-10-19/h5-17H,1-4H3,(H,28,31). The lowest BCUT2D eigenvalue weighted by molar-refractivity contribution is 0.102. The van der Waals surface area contributed by atoms with Crippen LogP contribution in [0.5, 0.6) is 0 Å². The largest absolute Gasteiger partial charge is 0.455 e. The fraction of sp³-hybridized carbons (Fsp3) is 0.185. The summed E-state index contributed by atoms with van der Waals surface area (Å²) in [4.78, 5) is 26.3. The van der Waals surface area contributed by atoms with Gasteiger partial charge in [0.2, 0.25) is 10.0 Å². The Morgan fingerprint density at radius 1 is 0.943 bits per heavy atom. The van der Waals surface area contributed by atoms with E-state index in [-0.39, 0.29) is 27.5 Å². The summed E-state index contributed by atoms with van der Waals surface area (Å²) in [5.41, 5.74) is 1.80. The van der Waals surface area contributed by atoms with Crippen molar-refractivity contribution in [2.45, 2.75) is 31.7 Å². The van der Waals surface area contributed by atoms with E-state index >= 15 is 0 Å². The van der Waals surface area contributed by atoms with Crippen molar-refractivity contribution in [3.8, 4) is 11.3 Å². The van der Waals surface area contributed by atoms with Gasteiger partial charge in [-0.1, -0.05) is 36.4 Å². The number of anilines is 1. The number of sulfonamides is 1. The van der Waals surface area contributed by atoms with Crippen LogP contribution in [0.4, 0.5) is 5.69 Å². The molecule has 0 unspecified atom stereocenters. The molecule has 8 heteroatoms. The molecule has 3 aromatic carbocycles. The zero-order chi connectivity index (χ0) is 25.3. The number of para-hydroxylation sites is 1. The Kier molecular flexibility index (Phi) is 6.60. The summed E-state index contributed by atoms with van der Waals surface area (Å²) in [5, 5.41) is 3.08. The molecule has 0 aliphatic rings. The Morgan fingerprint density at radius 2 is 1.60 bits per heavy atom. The third-order valence-electron chi connectivity index (χ3n) is 5.94. The Morgan fingerprint density at radius 3 is 2.23 bits per heavy atom. The van der Waals surface area contributed by atoms with E-state index in [1.54, 1.807) is 39.0 Å². The molecule has 180 valence electrons. The number of hydrogen-bond acceptors (Lipinski definition) is 5. The Labute approximate surface area is 204 Å². The Balaban J connectivity index is 1.69. The number of hydrogen-bond donors (Lipinski definition) is 1. The van der Waals surface area contributed by atoms with E-state index in [4.69, 9.17) is 4.42 Å². The van der Waals surface area contributed by atoms with Crippen molar-refractivity contribution in [1.82, 2.24) is 4.31 Å². The molecule has 0 aliphatic carbocycles. The minimum atomic E-state index is -3.63. The number of carbonyl (C=O) groups is 1. The predicted molar refractivity (Wildman–Crippen MR) is 137 cm³/mol. The van der Waals surface area contributed by atoms with E-state index in [0.29, 0.717) is 22.4 Å². The molecule has 0 atom stereocenters. The molecule has 35 heavy (non-hydrogen) atoms. The lowest BCUT2D eigenvalue weighted by atomic mass is 10.0. The maximum atomic E-state index is 13.2. The highest BCUT2D eigenvalue weighted by molar-refractivity contribution is 7.89. The number of nitrogens with one attached hydrogen (secondary N) is 1. The molecule has 1 heterocycles. The molecular formula is C27H26N2O5S.